The molecule has 0 aromatic heterocycles. The summed E-state index contributed by atoms with van der Waals surface area (Å²) in [6.07, 6.45) is 0. The Morgan fingerprint density at radius 3 is 1.36 bits per heavy atom. The molecular formula is C32H26F2P2. The Labute approximate surface area is 214 Å². The highest BCUT2D eigenvalue weighted by molar-refractivity contribution is 7.80. The van der Waals surface area contributed by atoms with Crippen molar-refractivity contribution in [2.75, 3.05) is 0 Å². The van der Waals surface area contributed by atoms with E-state index in [0.29, 0.717) is 0 Å². The fraction of sp³-hybridized carbons (Fsp3) is 0.0625. The first-order valence-corrected chi connectivity index (χ1v) is 14.7. The maximum atomic E-state index is 13.8. The van der Waals surface area contributed by atoms with Crippen molar-refractivity contribution in [1.82, 2.24) is 0 Å². The maximum Gasteiger partial charge on any atom is 0.123 e. The summed E-state index contributed by atoms with van der Waals surface area (Å²) in [5, 5.41) is 6.06. The molecule has 0 aliphatic carbocycles. The molecular weight excluding hydrogens is 484 g/mol. The Morgan fingerprint density at radius 2 is 0.889 bits per heavy atom. The summed E-state index contributed by atoms with van der Waals surface area (Å²) in [6.45, 7) is 2.25. The van der Waals surface area contributed by atoms with Gasteiger partial charge in [-0.25, -0.2) is 8.78 Å². The van der Waals surface area contributed by atoms with E-state index in [1.54, 1.807) is 0 Å². The average molecular weight is 511 g/mol. The molecule has 0 saturated carbocycles. The molecule has 0 unspecified atom stereocenters. The third-order valence-electron chi connectivity index (χ3n) is 6.25. The van der Waals surface area contributed by atoms with E-state index in [0.717, 1.165) is 10.6 Å². The van der Waals surface area contributed by atoms with E-state index in [2.05, 4.69) is 91.9 Å². The van der Waals surface area contributed by atoms with Crippen LogP contribution in [0.4, 0.5) is 8.78 Å². The van der Waals surface area contributed by atoms with Crippen molar-refractivity contribution in [3.63, 3.8) is 0 Å². The first kappa shape index (κ1) is 24.5. The van der Waals surface area contributed by atoms with Crippen molar-refractivity contribution in [2.24, 2.45) is 0 Å². The summed E-state index contributed by atoms with van der Waals surface area (Å²) in [5.74, 6) is -0.505. The standard InChI is InChI=1S/C32H26F2P2/c1-24(35(29-20-16-25(33)17-21-29)30-22-18-26(34)19-23-30)31-14-8-9-15-32(31)36(27-10-4-2-5-11-27)28-12-6-3-7-13-28/h2-24H,1H3/t24-/m1/s1. The molecule has 0 amide bonds. The normalized spacial score (nSPS) is 12.1. The Bertz CT molecular complexity index is 1320. The van der Waals surface area contributed by atoms with Gasteiger partial charge in [0.25, 0.3) is 0 Å². The summed E-state index contributed by atoms with van der Waals surface area (Å²) in [7, 11) is -1.70. The minimum atomic E-state index is -0.915. The third-order valence-corrected chi connectivity index (χ3v) is 11.5. The van der Waals surface area contributed by atoms with Crippen molar-refractivity contribution in [3.8, 4) is 0 Å². The van der Waals surface area contributed by atoms with Crippen LogP contribution in [0.3, 0.4) is 0 Å². The summed E-state index contributed by atoms with van der Waals surface area (Å²) < 4.78 is 27.7. The van der Waals surface area contributed by atoms with Gasteiger partial charge >= 0.3 is 0 Å². The van der Waals surface area contributed by atoms with E-state index in [9.17, 15) is 8.78 Å². The van der Waals surface area contributed by atoms with Crippen molar-refractivity contribution >= 4 is 42.4 Å². The molecule has 0 fully saturated rings. The molecule has 0 bridgehead atoms. The number of hydrogen-bond donors (Lipinski definition) is 0. The molecule has 0 saturated heterocycles. The van der Waals surface area contributed by atoms with Gasteiger partial charge in [-0.2, -0.15) is 0 Å². The molecule has 0 spiro atoms. The summed E-state index contributed by atoms with van der Waals surface area (Å²) >= 11 is 0. The van der Waals surface area contributed by atoms with E-state index in [1.807, 2.05) is 24.3 Å². The highest BCUT2D eigenvalue weighted by atomic mass is 31.1. The molecule has 4 heteroatoms. The first-order chi connectivity index (χ1) is 17.6. The Morgan fingerprint density at radius 1 is 0.472 bits per heavy atom. The zero-order valence-electron chi connectivity index (χ0n) is 19.9. The Balaban J connectivity index is 1.67. The molecule has 5 aromatic rings. The van der Waals surface area contributed by atoms with Gasteiger partial charge in [0.15, 0.2) is 0 Å². The molecule has 5 rings (SSSR count). The molecule has 0 radical (unpaired) electrons. The molecule has 0 aliphatic heterocycles. The van der Waals surface area contributed by atoms with Gasteiger partial charge in [0.1, 0.15) is 11.6 Å². The van der Waals surface area contributed by atoms with Crippen LogP contribution in [0.15, 0.2) is 133 Å². The lowest BCUT2D eigenvalue weighted by Crippen LogP contribution is -2.25. The topological polar surface area (TPSA) is 0 Å². The highest BCUT2D eigenvalue weighted by Crippen LogP contribution is 2.50. The van der Waals surface area contributed by atoms with Gasteiger partial charge in [0, 0.05) is 5.66 Å². The molecule has 0 heterocycles. The van der Waals surface area contributed by atoms with Gasteiger partial charge < -0.3 is 0 Å². The number of hydrogen-bond acceptors (Lipinski definition) is 0. The lowest BCUT2D eigenvalue weighted by atomic mass is 10.2. The predicted molar refractivity (Wildman–Crippen MR) is 153 cm³/mol. The molecule has 1 atom stereocenters. The lowest BCUT2D eigenvalue weighted by molar-refractivity contribution is 0.628. The van der Waals surface area contributed by atoms with Crippen LogP contribution < -0.4 is 26.5 Å². The molecule has 36 heavy (non-hydrogen) atoms. The molecule has 0 nitrogen and oxygen atoms in total. The zero-order chi connectivity index (χ0) is 24.9. The van der Waals surface area contributed by atoms with Crippen molar-refractivity contribution < 1.29 is 8.78 Å². The summed E-state index contributed by atoms with van der Waals surface area (Å²) in [6, 6.07) is 43.6. The summed E-state index contributed by atoms with van der Waals surface area (Å²) in [5.41, 5.74) is 1.40. The van der Waals surface area contributed by atoms with Gasteiger partial charge in [-0.05, 0) is 72.2 Å². The molecule has 5 aromatic carbocycles. The minimum absolute atomic E-state index is 0.129. The van der Waals surface area contributed by atoms with Crippen molar-refractivity contribution in [1.29, 1.82) is 0 Å². The molecule has 0 N–H and O–H groups in total. The van der Waals surface area contributed by atoms with E-state index in [4.69, 9.17) is 0 Å². The van der Waals surface area contributed by atoms with E-state index < -0.39 is 15.8 Å². The largest absolute Gasteiger partial charge is 0.207 e. The van der Waals surface area contributed by atoms with Crippen LogP contribution in [-0.4, -0.2) is 0 Å². The van der Waals surface area contributed by atoms with Crippen LogP contribution in [-0.2, 0) is 0 Å². The fourth-order valence-corrected chi connectivity index (χ4v) is 9.86. The second-order valence-electron chi connectivity index (χ2n) is 8.56. The zero-order valence-corrected chi connectivity index (χ0v) is 21.7. The van der Waals surface area contributed by atoms with Crippen LogP contribution in [0.5, 0.6) is 0 Å². The number of halogens is 2. The second-order valence-corrected chi connectivity index (χ2v) is 13.3. The van der Waals surface area contributed by atoms with Gasteiger partial charge in [-0.3, -0.25) is 0 Å². The van der Waals surface area contributed by atoms with Crippen LogP contribution in [0.25, 0.3) is 0 Å². The maximum absolute atomic E-state index is 13.8. The smallest absolute Gasteiger partial charge is 0.123 e. The monoisotopic (exact) mass is 510 g/mol. The van der Waals surface area contributed by atoms with Crippen LogP contribution in [0.1, 0.15) is 18.1 Å². The van der Waals surface area contributed by atoms with E-state index >= 15 is 0 Å². The predicted octanol–water partition coefficient (Wildman–Crippen LogP) is 6.92. The quantitative estimate of drug-likeness (QED) is 0.209. The summed E-state index contributed by atoms with van der Waals surface area (Å²) in [4.78, 5) is 0. The lowest BCUT2D eigenvalue weighted by Gasteiger charge is -2.30. The van der Waals surface area contributed by atoms with E-state index in [1.165, 1.54) is 45.7 Å². The third kappa shape index (κ3) is 5.31. The van der Waals surface area contributed by atoms with Crippen LogP contribution in [0, 0.1) is 11.6 Å². The Kier molecular flexibility index (Phi) is 7.66. The first-order valence-electron chi connectivity index (χ1n) is 11.9. The van der Waals surface area contributed by atoms with Crippen LogP contribution in [0.2, 0.25) is 0 Å². The molecule has 0 aliphatic rings. The SMILES string of the molecule is C[C@H](c1ccccc1P(c1ccccc1)c1ccccc1)P(c1ccc(F)cc1)c1ccc(F)cc1. The van der Waals surface area contributed by atoms with Crippen molar-refractivity contribution in [3.05, 3.63) is 151 Å². The van der Waals surface area contributed by atoms with Gasteiger partial charge in [0.2, 0.25) is 0 Å². The highest BCUT2D eigenvalue weighted by Gasteiger charge is 2.28. The van der Waals surface area contributed by atoms with Gasteiger partial charge in [-0.1, -0.05) is 116 Å². The van der Waals surface area contributed by atoms with E-state index in [-0.39, 0.29) is 17.3 Å². The minimum Gasteiger partial charge on any atom is -0.207 e. The van der Waals surface area contributed by atoms with Gasteiger partial charge in [-0.15, -0.1) is 0 Å². The average Bonchev–Trinajstić information content (AvgIpc) is 2.93. The second kappa shape index (κ2) is 11.3. The van der Waals surface area contributed by atoms with Crippen molar-refractivity contribution in [2.45, 2.75) is 12.6 Å². The number of benzene rings is 5. The van der Waals surface area contributed by atoms with Gasteiger partial charge in [0.05, 0.1) is 0 Å². The Hall–Kier alpha value is -3.18. The fourth-order valence-electron chi connectivity index (χ4n) is 4.56. The number of rotatable bonds is 7. The molecule has 178 valence electrons. The van der Waals surface area contributed by atoms with Crippen LogP contribution >= 0.6 is 15.8 Å².